The maximum absolute atomic E-state index is 13.3. The molecule has 0 bridgehead atoms. The van der Waals surface area contributed by atoms with Gasteiger partial charge >= 0.3 is 5.97 Å². The number of esters is 1. The molecule has 2 aromatic heterocycles. The van der Waals surface area contributed by atoms with Crippen molar-refractivity contribution in [2.75, 3.05) is 39.5 Å². The van der Waals surface area contributed by atoms with Crippen LogP contribution in [0.4, 0.5) is 0 Å². The molecule has 2 aliphatic rings. The zero-order chi connectivity index (χ0) is 27.6. The number of pyridine rings is 1. The summed E-state index contributed by atoms with van der Waals surface area (Å²) in [5.41, 5.74) is 2.47. The quantitative estimate of drug-likeness (QED) is 0.264. The van der Waals surface area contributed by atoms with Gasteiger partial charge in [-0.05, 0) is 68.5 Å². The first-order chi connectivity index (χ1) is 19.6. The zero-order valence-corrected chi connectivity index (χ0v) is 23.2. The molecule has 0 radical (unpaired) electrons. The first-order valence-corrected chi connectivity index (χ1v) is 14.3. The van der Waals surface area contributed by atoms with Gasteiger partial charge in [0, 0.05) is 47.2 Å². The van der Waals surface area contributed by atoms with Crippen molar-refractivity contribution in [1.29, 1.82) is 0 Å². The molecule has 0 amide bonds. The van der Waals surface area contributed by atoms with Crippen LogP contribution in [0.3, 0.4) is 0 Å². The maximum atomic E-state index is 13.3. The van der Waals surface area contributed by atoms with E-state index < -0.39 is 5.97 Å². The fraction of sp³-hybridized carbons (Fsp3) is 0.438. The molecule has 1 saturated heterocycles. The Hall–Kier alpha value is -3.62. The van der Waals surface area contributed by atoms with Crippen LogP contribution in [0.2, 0.25) is 0 Å². The Labute approximate surface area is 233 Å². The summed E-state index contributed by atoms with van der Waals surface area (Å²) in [4.78, 5) is 19.8. The monoisotopic (exact) mass is 544 g/mol. The van der Waals surface area contributed by atoms with Crippen molar-refractivity contribution in [3.63, 3.8) is 0 Å². The highest BCUT2D eigenvalue weighted by Crippen LogP contribution is 2.48. The predicted octanol–water partition coefficient (Wildman–Crippen LogP) is 6.16. The Morgan fingerprint density at radius 3 is 2.60 bits per heavy atom. The Balaban J connectivity index is 1.59. The van der Waals surface area contributed by atoms with Crippen molar-refractivity contribution < 1.29 is 28.5 Å². The van der Waals surface area contributed by atoms with Gasteiger partial charge in [-0.15, -0.1) is 0 Å². The van der Waals surface area contributed by atoms with E-state index in [0.29, 0.717) is 77.8 Å². The summed E-state index contributed by atoms with van der Waals surface area (Å²) < 4.78 is 23.7. The predicted molar refractivity (Wildman–Crippen MR) is 152 cm³/mol. The summed E-state index contributed by atoms with van der Waals surface area (Å²) in [5, 5.41) is 14.1. The van der Waals surface area contributed by atoms with Gasteiger partial charge in [-0.25, -0.2) is 4.79 Å². The molecular formula is C32H36N2O6. The van der Waals surface area contributed by atoms with Crippen LogP contribution in [0.25, 0.3) is 21.7 Å². The molecule has 1 atom stereocenters. The number of aromatic hydroxyl groups is 1. The number of furan rings is 1. The van der Waals surface area contributed by atoms with Crippen molar-refractivity contribution in [1.82, 2.24) is 9.88 Å². The summed E-state index contributed by atoms with van der Waals surface area (Å²) in [5.74, 6) is 1.37. The van der Waals surface area contributed by atoms with Crippen LogP contribution in [0.15, 0.2) is 47.1 Å². The molecule has 4 aromatic rings. The number of phenols is 1. The molecule has 3 heterocycles. The SMILES string of the molecule is CCOC(=O)c1c(C)oc2c1c(C(c1ccncc1)N1CCOCC1)c(O)c1cc(OCC3CCCC3)ccc12. The minimum Gasteiger partial charge on any atom is -0.507 e. The number of rotatable bonds is 8. The van der Waals surface area contributed by atoms with Gasteiger partial charge in [0.1, 0.15) is 28.4 Å². The normalized spacial score (nSPS) is 17.4. The Bertz CT molecular complexity index is 1500. The number of benzene rings is 2. The summed E-state index contributed by atoms with van der Waals surface area (Å²) >= 11 is 0. The minimum atomic E-state index is -0.467. The van der Waals surface area contributed by atoms with Gasteiger partial charge in [0.15, 0.2) is 0 Å². The highest BCUT2D eigenvalue weighted by molar-refractivity contribution is 6.17. The number of hydrogen-bond donors (Lipinski definition) is 1. The van der Waals surface area contributed by atoms with Gasteiger partial charge in [0.05, 0.1) is 32.5 Å². The first kappa shape index (κ1) is 26.6. The lowest BCUT2D eigenvalue weighted by molar-refractivity contribution is 0.0238. The lowest BCUT2D eigenvalue weighted by atomic mass is 9.89. The van der Waals surface area contributed by atoms with E-state index in [1.54, 1.807) is 26.2 Å². The number of carbonyl (C=O) groups is 1. The van der Waals surface area contributed by atoms with Crippen LogP contribution in [-0.4, -0.2) is 60.5 Å². The van der Waals surface area contributed by atoms with Crippen LogP contribution in [0, 0.1) is 12.8 Å². The molecule has 0 spiro atoms. The number of nitrogens with zero attached hydrogens (tertiary/aromatic N) is 2. The smallest absolute Gasteiger partial charge is 0.342 e. The average molecular weight is 545 g/mol. The molecule has 8 heteroatoms. The second kappa shape index (κ2) is 11.5. The standard InChI is InChI=1S/C32H36N2O6/c1-3-38-32(36)26-20(2)40-31-24-9-8-23(39-19-21-6-4-5-7-21)18-25(24)30(35)28(27(26)31)29(22-10-12-33-13-11-22)34-14-16-37-17-15-34/h8-13,18,21,29,35H,3-7,14-17,19H2,1-2H3. The topological polar surface area (TPSA) is 94.3 Å². The van der Waals surface area contributed by atoms with Crippen molar-refractivity contribution in [2.45, 2.75) is 45.6 Å². The van der Waals surface area contributed by atoms with Gasteiger partial charge in [-0.1, -0.05) is 12.8 Å². The molecule has 2 aromatic carbocycles. The van der Waals surface area contributed by atoms with E-state index >= 15 is 0 Å². The van der Waals surface area contributed by atoms with E-state index in [9.17, 15) is 9.90 Å². The second-order valence-electron chi connectivity index (χ2n) is 10.7. The highest BCUT2D eigenvalue weighted by Gasteiger charge is 2.34. The van der Waals surface area contributed by atoms with Gasteiger partial charge in [0.2, 0.25) is 0 Å². The number of hydrogen-bond acceptors (Lipinski definition) is 8. The molecule has 210 valence electrons. The largest absolute Gasteiger partial charge is 0.507 e. The van der Waals surface area contributed by atoms with Gasteiger partial charge in [-0.2, -0.15) is 0 Å². The first-order valence-electron chi connectivity index (χ1n) is 14.3. The van der Waals surface area contributed by atoms with Crippen LogP contribution >= 0.6 is 0 Å². The number of ether oxygens (including phenoxy) is 3. The van der Waals surface area contributed by atoms with Crippen LogP contribution in [0.5, 0.6) is 11.5 Å². The van der Waals surface area contributed by atoms with E-state index in [1.807, 2.05) is 30.3 Å². The van der Waals surface area contributed by atoms with E-state index in [2.05, 4.69) is 9.88 Å². The highest BCUT2D eigenvalue weighted by atomic mass is 16.5. The molecule has 6 rings (SSSR count). The summed E-state index contributed by atoms with van der Waals surface area (Å²) in [6, 6.07) is 9.26. The fourth-order valence-electron chi connectivity index (χ4n) is 6.31. The third-order valence-electron chi connectivity index (χ3n) is 8.25. The number of phenolic OH excluding ortho intramolecular Hbond substituents is 1. The van der Waals surface area contributed by atoms with Gasteiger partial charge < -0.3 is 23.7 Å². The van der Waals surface area contributed by atoms with Crippen molar-refractivity contribution in [2.24, 2.45) is 5.92 Å². The average Bonchev–Trinajstić information content (AvgIpc) is 3.63. The van der Waals surface area contributed by atoms with Crippen LogP contribution < -0.4 is 4.74 Å². The van der Waals surface area contributed by atoms with Crippen molar-refractivity contribution in [3.05, 3.63) is 65.2 Å². The molecule has 1 N–H and O–H groups in total. The lowest BCUT2D eigenvalue weighted by Gasteiger charge is -2.36. The molecule has 1 saturated carbocycles. The molecule has 8 nitrogen and oxygen atoms in total. The molecular weight excluding hydrogens is 508 g/mol. The molecule has 40 heavy (non-hydrogen) atoms. The third kappa shape index (κ3) is 4.90. The molecule has 2 fully saturated rings. The summed E-state index contributed by atoms with van der Waals surface area (Å²) in [6.07, 6.45) is 8.40. The van der Waals surface area contributed by atoms with Gasteiger partial charge in [0.25, 0.3) is 0 Å². The van der Waals surface area contributed by atoms with Gasteiger partial charge in [-0.3, -0.25) is 9.88 Å². The van der Waals surface area contributed by atoms with E-state index in [-0.39, 0.29) is 18.4 Å². The van der Waals surface area contributed by atoms with E-state index in [0.717, 1.165) is 10.9 Å². The second-order valence-corrected chi connectivity index (χ2v) is 10.7. The summed E-state index contributed by atoms with van der Waals surface area (Å²) in [6.45, 7) is 6.95. The van der Waals surface area contributed by atoms with Crippen molar-refractivity contribution >= 4 is 27.7 Å². The fourth-order valence-corrected chi connectivity index (χ4v) is 6.31. The zero-order valence-electron chi connectivity index (χ0n) is 23.2. The number of aryl methyl sites for hydroxylation is 1. The van der Waals surface area contributed by atoms with E-state index in [4.69, 9.17) is 18.6 Å². The Morgan fingerprint density at radius 2 is 1.88 bits per heavy atom. The van der Waals surface area contributed by atoms with E-state index in [1.165, 1.54) is 25.7 Å². The number of fused-ring (bicyclic) bond motifs is 3. The maximum Gasteiger partial charge on any atom is 0.342 e. The molecule has 1 aliphatic carbocycles. The summed E-state index contributed by atoms with van der Waals surface area (Å²) in [7, 11) is 0. The van der Waals surface area contributed by atoms with Crippen LogP contribution in [-0.2, 0) is 9.47 Å². The lowest BCUT2D eigenvalue weighted by Crippen LogP contribution is -2.39. The Morgan fingerprint density at radius 1 is 1.12 bits per heavy atom. The van der Waals surface area contributed by atoms with Crippen LogP contribution in [0.1, 0.15) is 65.9 Å². The minimum absolute atomic E-state index is 0.105. The molecule has 1 unspecified atom stereocenters. The number of carbonyl (C=O) groups excluding carboxylic acids is 1. The van der Waals surface area contributed by atoms with Crippen molar-refractivity contribution in [3.8, 4) is 11.5 Å². The number of aromatic nitrogens is 1. The number of morpholine rings is 1. The third-order valence-corrected chi connectivity index (χ3v) is 8.25. The Kier molecular flexibility index (Phi) is 7.63. The molecule has 1 aliphatic heterocycles.